The highest BCUT2D eigenvalue weighted by Gasteiger charge is 2.41. The summed E-state index contributed by atoms with van der Waals surface area (Å²) >= 11 is 0. The average molecular weight is 335 g/mol. The van der Waals surface area contributed by atoms with Gasteiger partial charge in [-0.3, -0.25) is 14.4 Å². The van der Waals surface area contributed by atoms with Crippen molar-refractivity contribution in [1.82, 2.24) is 5.32 Å². The third kappa shape index (κ3) is 3.98. The van der Waals surface area contributed by atoms with Crippen LogP contribution in [0.2, 0.25) is 0 Å². The van der Waals surface area contributed by atoms with Gasteiger partial charge in [0.1, 0.15) is 5.78 Å². The summed E-state index contributed by atoms with van der Waals surface area (Å²) in [6.45, 7) is 1.97. The van der Waals surface area contributed by atoms with Crippen molar-refractivity contribution in [3.63, 3.8) is 0 Å². The maximum atomic E-state index is 12.3. The summed E-state index contributed by atoms with van der Waals surface area (Å²) in [4.78, 5) is 36.4. The first-order chi connectivity index (χ1) is 11.5. The minimum Gasteiger partial charge on any atom is -0.455 e. The lowest BCUT2D eigenvalue weighted by atomic mass is 9.67. The number of amides is 1. The fourth-order valence-corrected chi connectivity index (χ4v) is 4.71. The number of carbonyl (C=O) groups is 3. The van der Waals surface area contributed by atoms with E-state index >= 15 is 0 Å². The van der Waals surface area contributed by atoms with E-state index in [-0.39, 0.29) is 42.3 Å². The first-order valence-electron chi connectivity index (χ1n) is 9.54. The molecule has 5 atom stereocenters. The van der Waals surface area contributed by atoms with E-state index in [0.29, 0.717) is 24.5 Å². The molecule has 1 unspecified atom stereocenters. The molecule has 1 N–H and O–H groups in total. The zero-order valence-electron chi connectivity index (χ0n) is 14.6. The molecule has 3 rings (SSSR count). The molecule has 0 aliphatic heterocycles. The fraction of sp³-hybridized carbons (Fsp3) is 0.842. The Hall–Kier alpha value is -1.39. The predicted molar refractivity (Wildman–Crippen MR) is 89.1 cm³/mol. The molecule has 24 heavy (non-hydrogen) atoms. The molecule has 134 valence electrons. The molecule has 3 aliphatic carbocycles. The molecule has 0 heterocycles. The molecule has 3 aliphatic rings. The Morgan fingerprint density at radius 1 is 1.04 bits per heavy atom. The van der Waals surface area contributed by atoms with Crippen molar-refractivity contribution in [2.75, 3.05) is 6.61 Å². The summed E-state index contributed by atoms with van der Waals surface area (Å²) in [6, 6.07) is 0.205. The first-order valence-corrected chi connectivity index (χ1v) is 9.54. The second kappa shape index (κ2) is 7.66. The Balaban J connectivity index is 1.43. The number of rotatable bonds is 4. The molecule has 0 aromatic rings. The Labute approximate surface area is 143 Å². The van der Waals surface area contributed by atoms with E-state index in [1.165, 1.54) is 6.42 Å². The highest BCUT2D eigenvalue weighted by Crippen LogP contribution is 2.40. The molecular formula is C19H29NO4. The number of esters is 1. The molecule has 0 radical (unpaired) electrons. The fourth-order valence-electron chi connectivity index (χ4n) is 4.71. The molecular weight excluding hydrogens is 306 g/mol. The van der Waals surface area contributed by atoms with Crippen molar-refractivity contribution in [2.24, 2.45) is 23.7 Å². The minimum atomic E-state index is -0.300. The zero-order valence-corrected chi connectivity index (χ0v) is 14.6. The number of fused-ring (bicyclic) bond motifs is 2. The highest BCUT2D eigenvalue weighted by molar-refractivity contribution is 5.88. The van der Waals surface area contributed by atoms with Crippen molar-refractivity contribution in [3.05, 3.63) is 0 Å². The largest absolute Gasteiger partial charge is 0.455 e. The molecule has 5 heteroatoms. The Bertz CT molecular complexity index is 488. The summed E-state index contributed by atoms with van der Waals surface area (Å²) in [6.07, 6.45) is 8.63. The van der Waals surface area contributed by atoms with Crippen LogP contribution in [-0.4, -0.2) is 30.3 Å². The maximum Gasteiger partial charge on any atom is 0.309 e. The summed E-state index contributed by atoms with van der Waals surface area (Å²) in [5.41, 5.74) is 0. The summed E-state index contributed by atoms with van der Waals surface area (Å²) in [7, 11) is 0. The quantitative estimate of drug-likeness (QED) is 0.802. The van der Waals surface area contributed by atoms with Crippen molar-refractivity contribution in [2.45, 2.75) is 70.8 Å². The molecule has 5 nitrogen and oxygen atoms in total. The third-order valence-corrected chi connectivity index (χ3v) is 6.18. The van der Waals surface area contributed by atoms with Crippen LogP contribution in [0.1, 0.15) is 64.7 Å². The van der Waals surface area contributed by atoms with Crippen LogP contribution < -0.4 is 5.32 Å². The van der Waals surface area contributed by atoms with E-state index in [0.717, 1.165) is 38.5 Å². The second-order valence-electron chi connectivity index (χ2n) is 7.94. The van der Waals surface area contributed by atoms with Crippen LogP contribution >= 0.6 is 0 Å². The van der Waals surface area contributed by atoms with Gasteiger partial charge in [-0.05, 0) is 44.4 Å². The number of hydrogen-bond donors (Lipinski definition) is 1. The van der Waals surface area contributed by atoms with Gasteiger partial charge in [-0.1, -0.05) is 26.2 Å². The number of carbonyl (C=O) groups excluding carboxylic acids is 3. The van der Waals surface area contributed by atoms with E-state index < -0.39 is 0 Å². The highest BCUT2D eigenvalue weighted by atomic mass is 16.5. The Kier molecular flexibility index (Phi) is 5.57. The molecule has 0 aromatic carbocycles. The van der Waals surface area contributed by atoms with Crippen LogP contribution in [-0.2, 0) is 19.1 Å². The van der Waals surface area contributed by atoms with Crippen LogP contribution in [0.15, 0.2) is 0 Å². The van der Waals surface area contributed by atoms with Gasteiger partial charge in [0.15, 0.2) is 6.61 Å². The second-order valence-corrected chi connectivity index (χ2v) is 7.94. The van der Waals surface area contributed by atoms with Crippen molar-refractivity contribution in [3.8, 4) is 0 Å². The van der Waals surface area contributed by atoms with E-state index in [9.17, 15) is 14.4 Å². The first kappa shape index (κ1) is 17.4. The molecule has 0 saturated heterocycles. The SMILES string of the molecule is C[C@H]1CCCC[C@H]1NC(=O)COC(=O)C1C[C@H]2CCC[C@@H](C1)C2=O. The van der Waals surface area contributed by atoms with Gasteiger partial charge in [-0.15, -0.1) is 0 Å². The van der Waals surface area contributed by atoms with Gasteiger partial charge < -0.3 is 10.1 Å². The maximum absolute atomic E-state index is 12.3. The topological polar surface area (TPSA) is 72.5 Å². The summed E-state index contributed by atoms with van der Waals surface area (Å²) in [5, 5.41) is 3.00. The van der Waals surface area contributed by atoms with Crippen LogP contribution in [0.4, 0.5) is 0 Å². The lowest BCUT2D eigenvalue weighted by Crippen LogP contribution is -2.44. The minimum absolute atomic E-state index is 0.0342. The molecule has 0 spiro atoms. The summed E-state index contributed by atoms with van der Waals surface area (Å²) in [5.74, 6) is 0.190. The van der Waals surface area contributed by atoms with Crippen molar-refractivity contribution in [1.29, 1.82) is 0 Å². The summed E-state index contributed by atoms with van der Waals surface area (Å²) < 4.78 is 5.26. The lowest BCUT2D eigenvalue weighted by molar-refractivity contribution is -0.157. The molecule has 2 bridgehead atoms. The van der Waals surface area contributed by atoms with E-state index in [2.05, 4.69) is 12.2 Å². The van der Waals surface area contributed by atoms with Gasteiger partial charge in [-0.2, -0.15) is 0 Å². The zero-order chi connectivity index (χ0) is 17.1. The normalized spacial score (nSPS) is 36.0. The van der Waals surface area contributed by atoms with Gasteiger partial charge in [0, 0.05) is 17.9 Å². The van der Waals surface area contributed by atoms with Crippen LogP contribution in [0.3, 0.4) is 0 Å². The number of nitrogens with one attached hydrogen (secondary N) is 1. The van der Waals surface area contributed by atoms with Gasteiger partial charge >= 0.3 is 5.97 Å². The number of ether oxygens (including phenoxy) is 1. The standard InChI is InChI=1S/C19H29NO4/c1-12-5-2-3-8-16(12)20-17(21)11-24-19(23)15-9-13-6-4-7-14(10-15)18(13)22/h12-16H,2-11H2,1H3,(H,20,21)/t12-,13-,14+,15?,16+/m0/s1. The third-order valence-electron chi connectivity index (χ3n) is 6.18. The Morgan fingerprint density at radius 3 is 2.38 bits per heavy atom. The molecule has 1 amide bonds. The Morgan fingerprint density at radius 2 is 1.71 bits per heavy atom. The number of ketones is 1. The lowest BCUT2D eigenvalue weighted by Gasteiger charge is -2.36. The van der Waals surface area contributed by atoms with Gasteiger partial charge in [0.25, 0.3) is 5.91 Å². The molecule has 0 aromatic heterocycles. The van der Waals surface area contributed by atoms with Crippen LogP contribution in [0, 0.1) is 23.7 Å². The van der Waals surface area contributed by atoms with Gasteiger partial charge in [0.2, 0.25) is 0 Å². The van der Waals surface area contributed by atoms with Crippen molar-refractivity contribution >= 4 is 17.7 Å². The average Bonchev–Trinajstić information content (AvgIpc) is 2.54. The van der Waals surface area contributed by atoms with E-state index in [4.69, 9.17) is 4.74 Å². The van der Waals surface area contributed by atoms with E-state index in [1.807, 2.05) is 0 Å². The van der Waals surface area contributed by atoms with Crippen LogP contribution in [0.5, 0.6) is 0 Å². The monoisotopic (exact) mass is 335 g/mol. The predicted octanol–water partition coefficient (Wildman–Crippen LogP) is 2.62. The van der Waals surface area contributed by atoms with E-state index in [1.54, 1.807) is 0 Å². The molecule has 3 fully saturated rings. The van der Waals surface area contributed by atoms with Gasteiger partial charge in [0.05, 0.1) is 5.92 Å². The van der Waals surface area contributed by atoms with Crippen LogP contribution in [0.25, 0.3) is 0 Å². The number of Topliss-reactive ketones (excluding diaryl/α,β-unsaturated/α-hetero) is 1. The smallest absolute Gasteiger partial charge is 0.309 e. The van der Waals surface area contributed by atoms with Crippen molar-refractivity contribution < 1.29 is 19.1 Å². The number of hydrogen-bond acceptors (Lipinski definition) is 4. The van der Waals surface area contributed by atoms with Gasteiger partial charge in [-0.25, -0.2) is 0 Å². The molecule has 3 saturated carbocycles.